The first-order chi connectivity index (χ1) is 9.56. The fourth-order valence-corrected chi connectivity index (χ4v) is 1.95. The zero-order valence-corrected chi connectivity index (χ0v) is 11.4. The van der Waals surface area contributed by atoms with Crippen LogP contribution < -0.4 is 21.3 Å². The second kappa shape index (κ2) is 6.25. The fourth-order valence-electron chi connectivity index (χ4n) is 1.76. The molecule has 0 aromatic heterocycles. The number of nitrogens with zero attached hydrogens (tertiary/aromatic N) is 2. The standard InChI is InChI=1S/C12H14ClN5O2/c13-8-2-1-3-9(6-8)18-5-4-15-11(18)17-12(20)16-7-10(14)19/h1-3,6H,4-5,7H2,(H2,14,19)(H2,15,16,17,20). The summed E-state index contributed by atoms with van der Waals surface area (Å²) in [6.07, 6.45) is 0. The number of amides is 3. The van der Waals surface area contributed by atoms with Gasteiger partial charge in [-0.1, -0.05) is 17.7 Å². The van der Waals surface area contributed by atoms with Gasteiger partial charge in [0.25, 0.3) is 0 Å². The number of carbonyl (C=O) groups is 2. The number of benzene rings is 1. The molecule has 1 aliphatic heterocycles. The Hall–Kier alpha value is -2.28. The highest BCUT2D eigenvalue weighted by Crippen LogP contribution is 2.21. The van der Waals surface area contributed by atoms with Crippen LogP contribution in [0, 0.1) is 0 Å². The van der Waals surface area contributed by atoms with Crippen molar-refractivity contribution in [1.82, 2.24) is 10.6 Å². The van der Waals surface area contributed by atoms with Gasteiger partial charge in [0.05, 0.1) is 13.1 Å². The molecule has 1 heterocycles. The molecule has 7 nitrogen and oxygen atoms in total. The lowest BCUT2D eigenvalue weighted by molar-refractivity contribution is -0.117. The van der Waals surface area contributed by atoms with E-state index in [1.54, 1.807) is 12.1 Å². The highest BCUT2D eigenvalue weighted by atomic mass is 35.5. The number of hydrogen-bond acceptors (Lipinski definition) is 4. The highest BCUT2D eigenvalue weighted by Gasteiger charge is 2.20. The molecule has 0 radical (unpaired) electrons. The van der Waals surface area contributed by atoms with E-state index >= 15 is 0 Å². The molecule has 0 aliphatic carbocycles. The number of primary amides is 1. The molecule has 1 aliphatic rings. The van der Waals surface area contributed by atoms with E-state index in [2.05, 4.69) is 15.6 Å². The number of halogens is 1. The first kappa shape index (κ1) is 14.1. The summed E-state index contributed by atoms with van der Waals surface area (Å²) in [6.45, 7) is 0.986. The van der Waals surface area contributed by atoms with E-state index in [9.17, 15) is 9.59 Å². The van der Waals surface area contributed by atoms with Crippen molar-refractivity contribution in [2.24, 2.45) is 10.7 Å². The average Bonchev–Trinajstić information content (AvgIpc) is 2.84. The zero-order chi connectivity index (χ0) is 14.5. The van der Waals surface area contributed by atoms with Crippen LogP contribution in [-0.4, -0.2) is 37.5 Å². The quantitative estimate of drug-likeness (QED) is 0.748. The second-order valence-electron chi connectivity index (χ2n) is 4.11. The van der Waals surface area contributed by atoms with Gasteiger partial charge in [0.2, 0.25) is 11.9 Å². The van der Waals surface area contributed by atoms with Crippen LogP contribution in [0.15, 0.2) is 29.3 Å². The molecule has 0 unspecified atom stereocenters. The van der Waals surface area contributed by atoms with Gasteiger partial charge in [0.15, 0.2) is 0 Å². The Kier molecular flexibility index (Phi) is 4.41. The van der Waals surface area contributed by atoms with Crippen molar-refractivity contribution in [1.29, 1.82) is 0 Å². The van der Waals surface area contributed by atoms with Gasteiger partial charge in [-0.15, -0.1) is 0 Å². The molecule has 0 fully saturated rings. The monoisotopic (exact) mass is 295 g/mol. The van der Waals surface area contributed by atoms with Crippen LogP contribution in [0.1, 0.15) is 0 Å². The molecule has 0 spiro atoms. The highest BCUT2D eigenvalue weighted by molar-refractivity contribution is 6.31. The first-order valence-electron chi connectivity index (χ1n) is 5.97. The van der Waals surface area contributed by atoms with Gasteiger partial charge in [-0.2, -0.15) is 0 Å². The zero-order valence-electron chi connectivity index (χ0n) is 10.6. The number of guanidine groups is 1. The third kappa shape index (κ3) is 3.61. The molecule has 20 heavy (non-hydrogen) atoms. The Morgan fingerprint density at radius 2 is 2.25 bits per heavy atom. The number of carbonyl (C=O) groups excluding carboxylic acids is 2. The minimum Gasteiger partial charge on any atom is -0.368 e. The summed E-state index contributed by atoms with van der Waals surface area (Å²) in [5, 5.41) is 5.52. The number of nitrogens with one attached hydrogen (secondary N) is 2. The Balaban J connectivity index is 2.01. The van der Waals surface area contributed by atoms with Gasteiger partial charge in [0.1, 0.15) is 0 Å². The van der Waals surface area contributed by atoms with Gasteiger partial charge in [-0.05, 0) is 18.2 Å². The number of anilines is 1. The number of urea groups is 1. The van der Waals surface area contributed by atoms with Crippen molar-refractivity contribution in [2.75, 3.05) is 24.5 Å². The molecule has 8 heteroatoms. The number of aliphatic imine (C=N–C) groups is 1. The molecule has 3 amide bonds. The van der Waals surface area contributed by atoms with E-state index in [0.29, 0.717) is 24.1 Å². The molecular formula is C12H14ClN5O2. The molecule has 0 bridgehead atoms. The van der Waals surface area contributed by atoms with Gasteiger partial charge >= 0.3 is 6.03 Å². The van der Waals surface area contributed by atoms with Crippen LogP contribution in [0.4, 0.5) is 10.5 Å². The maximum Gasteiger partial charge on any atom is 0.321 e. The summed E-state index contributed by atoms with van der Waals surface area (Å²) in [5.41, 5.74) is 5.78. The van der Waals surface area contributed by atoms with Crippen LogP contribution in [0.3, 0.4) is 0 Å². The third-order valence-corrected chi connectivity index (χ3v) is 2.84. The van der Waals surface area contributed by atoms with E-state index in [4.69, 9.17) is 17.3 Å². The minimum atomic E-state index is -0.611. The molecule has 2 rings (SSSR count). The van der Waals surface area contributed by atoms with Gasteiger partial charge in [-0.25, -0.2) is 4.79 Å². The lowest BCUT2D eigenvalue weighted by Crippen LogP contribution is -2.48. The predicted octanol–water partition coefficient (Wildman–Crippen LogP) is 0.300. The second-order valence-corrected chi connectivity index (χ2v) is 4.55. The number of rotatable bonds is 3. The average molecular weight is 296 g/mol. The van der Waals surface area contributed by atoms with Crippen molar-refractivity contribution in [3.05, 3.63) is 29.3 Å². The van der Waals surface area contributed by atoms with E-state index in [1.807, 2.05) is 17.0 Å². The lowest BCUT2D eigenvalue weighted by atomic mass is 10.3. The molecule has 1 aromatic rings. The molecule has 106 valence electrons. The van der Waals surface area contributed by atoms with Crippen molar-refractivity contribution < 1.29 is 9.59 Å². The SMILES string of the molecule is NC(=O)CNC(=O)NC1=NCCN1c1cccc(Cl)c1. The molecule has 0 saturated heterocycles. The first-order valence-corrected chi connectivity index (χ1v) is 6.35. The summed E-state index contributed by atoms with van der Waals surface area (Å²) in [5.74, 6) is -0.200. The van der Waals surface area contributed by atoms with E-state index in [-0.39, 0.29) is 6.54 Å². The van der Waals surface area contributed by atoms with E-state index < -0.39 is 11.9 Å². The van der Waals surface area contributed by atoms with Crippen molar-refractivity contribution in [3.63, 3.8) is 0 Å². The molecule has 0 atom stereocenters. The van der Waals surface area contributed by atoms with Crippen molar-refractivity contribution in [2.45, 2.75) is 0 Å². The summed E-state index contributed by atoms with van der Waals surface area (Å²) >= 11 is 5.94. The molecular weight excluding hydrogens is 282 g/mol. The number of nitrogens with two attached hydrogens (primary N) is 1. The third-order valence-electron chi connectivity index (χ3n) is 2.61. The molecule has 0 saturated carbocycles. The topological polar surface area (TPSA) is 99.8 Å². The van der Waals surface area contributed by atoms with Crippen LogP contribution >= 0.6 is 11.6 Å². The summed E-state index contributed by atoms with van der Waals surface area (Å²) in [6, 6.07) is 6.71. The summed E-state index contributed by atoms with van der Waals surface area (Å²) in [7, 11) is 0. The van der Waals surface area contributed by atoms with Crippen molar-refractivity contribution in [3.8, 4) is 0 Å². The fraction of sp³-hybridized carbons (Fsp3) is 0.250. The van der Waals surface area contributed by atoms with Gasteiger partial charge in [0, 0.05) is 17.3 Å². The maximum absolute atomic E-state index is 11.6. The Bertz CT molecular complexity index is 561. The number of hydrogen-bond donors (Lipinski definition) is 3. The summed E-state index contributed by atoms with van der Waals surface area (Å²) < 4.78 is 0. The van der Waals surface area contributed by atoms with Crippen LogP contribution in [0.2, 0.25) is 5.02 Å². The Morgan fingerprint density at radius 3 is 2.95 bits per heavy atom. The Labute approximate surface area is 120 Å². The van der Waals surface area contributed by atoms with Gasteiger partial charge in [-0.3, -0.25) is 15.1 Å². The summed E-state index contributed by atoms with van der Waals surface area (Å²) in [4.78, 5) is 28.2. The van der Waals surface area contributed by atoms with Crippen LogP contribution in [0.5, 0.6) is 0 Å². The van der Waals surface area contributed by atoms with Crippen molar-refractivity contribution >= 4 is 35.2 Å². The lowest BCUT2D eigenvalue weighted by Gasteiger charge is -2.20. The Morgan fingerprint density at radius 1 is 1.45 bits per heavy atom. The smallest absolute Gasteiger partial charge is 0.321 e. The predicted molar refractivity (Wildman–Crippen MR) is 76.8 cm³/mol. The normalized spacial score (nSPS) is 13.8. The molecule has 1 aromatic carbocycles. The van der Waals surface area contributed by atoms with E-state index in [1.165, 1.54) is 0 Å². The minimum absolute atomic E-state index is 0.226. The molecule has 4 N–H and O–H groups in total. The largest absolute Gasteiger partial charge is 0.368 e. The van der Waals surface area contributed by atoms with E-state index in [0.717, 1.165) is 5.69 Å². The maximum atomic E-state index is 11.6. The van der Waals surface area contributed by atoms with Crippen LogP contribution in [0.25, 0.3) is 0 Å². The van der Waals surface area contributed by atoms with Gasteiger partial charge < -0.3 is 16.0 Å². The van der Waals surface area contributed by atoms with Crippen LogP contribution in [-0.2, 0) is 4.79 Å².